The van der Waals surface area contributed by atoms with Crippen molar-refractivity contribution in [1.82, 2.24) is 9.97 Å². The molecule has 2 heterocycles. The molecule has 1 amide bonds. The van der Waals surface area contributed by atoms with E-state index in [0.29, 0.717) is 28.7 Å². The maximum absolute atomic E-state index is 13.7. The Bertz CT molecular complexity index is 1630. The van der Waals surface area contributed by atoms with Gasteiger partial charge in [0.2, 0.25) is 11.8 Å². The number of anilines is 1. The first kappa shape index (κ1) is 31.7. The largest absolute Gasteiger partial charge is 0.508 e. The van der Waals surface area contributed by atoms with Gasteiger partial charge in [0.25, 0.3) is 6.43 Å². The lowest BCUT2D eigenvalue weighted by Gasteiger charge is -2.23. The molecule has 0 saturated carbocycles. The summed E-state index contributed by atoms with van der Waals surface area (Å²) < 4.78 is 43.5. The van der Waals surface area contributed by atoms with Gasteiger partial charge in [-0.25, -0.2) is 18.6 Å². The lowest BCUT2D eigenvalue weighted by atomic mass is 9.77. The van der Waals surface area contributed by atoms with Crippen LogP contribution in [0.2, 0.25) is 0 Å². The molecule has 0 N–H and O–H groups in total. The molecular weight excluding hydrogens is 578 g/mol. The van der Waals surface area contributed by atoms with E-state index in [1.54, 1.807) is 52.8 Å². The molecule has 1 unspecified atom stereocenters. The molecule has 0 spiro atoms. The van der Waals surface area contributed by atoms with Crippen molar-refractivity contribution in [3.63, 3.8) is 0 Å². The van der Waals surface area contributed by atoms with Gasteiger partial charge in [0.15, 0.2) is 0 Å². The predicted molar refractivity (Wildman–Crippen MR) is 159 cm³/mol. The van der Waals surface area contributed by atoms with Crippen molar-refractivity contribution in [3.05, 3.63) is 58.9 Å². The molecule has 3 aromatic rings. The number of aryl methyl sites for hydroxylation is 1. The van der Waals surface area contributed by atoms with E-state index < -0.39 is 35.1 Å². The second kappa shape index (κ2) is 12.2. The van der Waals surface area contributed by atoms with Crippen LogP contribution in [0.25, 0.3) is 10.9 Å². The Hall–Kier alpha value is -4.24. The van der Waals surface area contributed by atoms with Gasteiger partial charge in [-0.05, 0) is 70.5 Å². The smallest absolute Gasteiger partial charge is 0.474 e. The molecule has 1 aromatic heterocycles. The molecule has 4 rings (SSSR count). The molecule has 0 radical (unpaired) electrons. The Balaban J connectivity index is 1.66. The molecule has 1 aliphatic heterocycles. The van der Waals surface area contributed by atoms with Crippen LogP contribution in [0.3, 0.4) is 0 Å². The third kappa shape index (κ3) is 6.57. The van der Waals surface area contributed by atoms with E-state index in [1.807, 2.05) is 13.0 Å². The van der Waals surface area contributed by atoms with Gasteiger partial charge in [-0.1, -0.05) is 25.2 Å². The zero-order chi connectivity index (χ0) is 31.7. The van der Waals surface area contributed by atoms with Crippen LogP contribution in [0, 0.1) is 16.7 Å². The van der Waals surface area contributed by atoms with Crippen molar-refractivity contribution in [3.8, 4) is 11.9 Å². The minimum absolute atomic E-state index is 0.00347. The van der Waals surface area contributed by atoms with Gasteiger partial charge in [0.1, 0.15) is 24.6 Å². The van der Waals surface area contributed by atoms with Crippen LogP contribution in [0.15, 0.2) is 36.4 Å². The van der Waals surface area contributed by atoms with Gasteiger partial charge in [0, 0.05) is 23.6 Å². The highest BCUT2D eigenvalue weighted by atomic mass is 32.1. The lowest BCUT2D eigenvalue weighted by molar-refractivity contribution is -0.124. The number of nitrogens with zero attached hydrogens (tertiary/aromatic N) is 4. The molecule has 2 aromatic carbocycles. The molecule has 1 aliphatic rings. The number of hydrogen-bond donors (Lipinski definition) is 0. The van der Waals surface area contributed by atoms with Crippen molar-refractivity contribution in [1.29, 1.82) is 5.26 Å². The zero-order valence-corrected chi connectivity index (χ0v) is 25.6. The summed E-state index contributed by atoms with van der Waals surface area (Å²) in [6.07, 6.45) is -3.16. The molecule has 12 heteroatoms. The van der Waals surface area contributed by atoms with Gasteiger partial charge < -0.3 is 14.2 Å². The van der Waals surface area contributed by atoms with Crippen LogP contribution in [0.4, 0.5) is 19.3 Å². The summed E-state index contributed by atoms with van der Waals surface area (Å²) >= 11 is 5.79. The third-order valence-electron chi connectivity index (χ3n) is 6.90. The van der Waals surface area contributed by atoms with Gasteiger partial charge in [-0.2, -0.15) is 10.2 Å². The normalized spacial score (nSPS) is 16.5. The van der Waals surface area contributed by atoms with Crippen LogP contribution >= 0.6 is 12.2 Å². The monoisotopic (exact) mass is 610 g/mol. The summed E-state index contributed by atoms with van der Waals surface area (Å²) in [7, 11) is 0. The van der Waals surface area contributed by atoms with Gasteiger partial charge in [-0.3, -0.25) is 9.69 Å². The average Bonchev–Trinajstić information content (AvgIpc) is 3.11. The number of halogens is 2. The van der Waals surface area contributed by atoms with Crippen molar-refractivity contribution in [2.45, 2.75) is 65.9 Å². The highest BCUT2D eigenvalue weighted by Gasteiger charge is 2.52. The van der Waals surface area contributed by atoms with Crippen LogP contribution in [0.1, 0.15) is 76.4 Å². The number of rotatable bonds is 8. The van der Waals surface area contributed by atoms with Gasteiger partial charge in [0.05, 0.1) is 32.9 Å². The first-order valence-corrected chi connectivity index (χ1v) is 14.1. The van der Waals surface area contributed by atoms with E-state index in [4.69, 9.17) is 26.4 Å². The fourth-order valence-corrected chi connectivity index (χ4v) is 5.50. The van der Waals surface area contributed by atoms with E-state index in [9.17, 15) is 23.6 Å². The Morgan fingerprint density at radius 3 is 2.51 bits per heavy atom. The standard InChI is InChI=1S/C31H32F2N4O5S/c1-7-23-35-22-11-9-17(14-21(22)26(36-23)40-12-13-41-29(39)42-30(2,3)4)24-27(43)37(28(38)31(24,5)6)19-10-8-18(16-34)20(15-19)25(32)33/h8-11,14-15,24-25H,7,12-13H2,1-6H3. The van der Waals surface area contributed by atoms with Crippen molar-refractivity contribution >= 4 is 45.9 Å². The summed E-state index contributed by atoms with van der Waals surface area (Å²) in [5.41, 5.74) is -0.896. The number of thiocarbonyl (C=S) groups is 1. The second-order valence-electron chi connectivity index (χ2n) is 11.6. The van der Waals surface area contributed by atoms with Gasteiger partial charge >= 0.3 is 6.16 Å². The fourth-order valence-electron chi connectivity index (χ4n) is 4.88. The Kier molecular flexibility index (Phi) is 8.97. The fraction of sp³-hybridized carbons (Fsp3) is 0.419. The topological polar surface area (TPSA) is 115 Å². The molecule has 1 atom stereocenters. The minimum Gasteiger partial charge on any atom is -0.474 e. The number of alkyl halides is 2. The molecule has 0 aliphatic carbocycles. The van der Waals surface area contributed by atoms with Crippen molar-refractivity contribution < 1.29 is 32.6 Å². The van der Waals surface area contributed by atoms with Crippen LogP contribution in [-0.2, 0) is 20.7 Å². The molecule has 43 heavy (non-hydrogen) atoms. The van der Waals surface area contributed by atoms with E-state index in [2.05, 4.69) is 9.97 Å². The number of amides is 1. The predicted octanol–water partition coefficient (Wildman–Crippen LogP) is 6.82. The average molecular weight is 611 g/mol. The first-order chi connectivity index (χ1) is 20.2. The summed E-state index contributed by atoms with van der Waals surface area (Å²) in [6.45, 7) is 10.5. The van der Waals surface area contributed by atoms with E-state index in [1.165, 1.54) is 17.0 Å². The number of nitriles is 1. The molecule has 1 fully saturated rings. The van der Waals surface area contributed by atoms with Crippen LogP contribution < -0.4 is 9.64 Å². The summed E-state index contributed by atoms with van der Waals surface area (Å²) in [6, 6.07) is 11.0. The molecule has 226 valence electrons. The molecule has 1 saturated heterocycles. The SMILES string of the molecule is CCc1nc(OCCOC(=O)OC(C)(C)C)c2cc(C3C(=S)N(c4ccc(C#N)c(C(F)F)c4)C(=O)C3(C)C)ccc2n1. The van der Waals surface area contributed by atoms with Crippen LogP contribution in [-0.4, -0.2) is 45.8 Å². The first-order valence-electron chi connectivity index (χ1n) is 13.7. The highest BCUT2D eigenvalue weighted by Crippen LogP contribution is 2.48. The van der Waals surface area contributed by atoms with Crippen molar-refractivity contribution in [2.24, 2.45) is 5.41 Å². The molecule has 0 bridgehead atoms. The number of carbonyl (C=O) groups excluding carboxylic acids is 2. The number of ether oxygens (including phenoxy) is 3. The van der Waals surface area contributed by atoms with E-state index in [0.717, 1.165) is 6.07 Å². The number of benzene rings is 2. The number of aromatic nitrogens is 2. The van der Waals surface area contributed by atoms with Gasteiger partial charge in [-0.15, -0.1) is 0 Å². The molecule has 9 nitrogen and oxygen atoms in total. The summed E-state index contributed by atoms with van der Waals surface area (Å²) in [5.74, 6) is -0.132. The van der Waals surface area contributed by atoms with Crippen LogP contribution in [0.5, 0.6) is 5.88 Å². The molecular formula is C31H32F2N4O5S. The van der Waals surface area contributed by atoms with Crippen molar-refractivity contribution in [2.75, 3.05) is 18.1 Å². The number of fused-ring (bicyclic) bond motifs is 1. The third-order valence-corrected chi connectivity index (χ3v) is 7.32. The minimum atomic E-state index is -2.90. The Labute approximate surface area is 253 Å². The lowest BCUT2D eigenvalue weighted by Crippen LogP contribution is -2.32. The quantitative estimate of drug-likeness (QED) is 0.154. The maximum Gasteiger partial charge on any atom is 0.508 e. The second-order valence-corrected chi connectivity index (χ2v) is 12.0. The highest BCUT2D eigenvalue weighted by molar-refractivity contribution is 7.80. The van der Waals surface area contributed by atoms with E-state index >= 15 is 0 Å². The Morgan fingerprint density at radius 2 is 1.88 bits per heavy atom. The number of carbonyl (C=O) groups is 2. The van der Waals surface area contributed by atoms with E-state index in [-0.39, 0.29) is 41.2 Å². The Morgan fingerprint density at radius 1 is 1.16 bits per heavy atom. The number of hydrogen-bond acceptors (Lipinski definition) is 9. The summed E-state index contributed by atoms with van der Waals surface area (Å²) in [5, 5.41) is 9.80. The summed E-state index contributed by atoms with van der Waals surface area (Å²) in [4.78, 5) is 36.2. The maximum atomic E-state index is 13.7. The zero-order valence-electron chi connectivity index (χ0n) is 24.7.